The Bertz CT molecular complexity index is 874. The van der Waals surface area contributed by atoms with Gasteiger partial charge < -0.3 is 18.9 Å². The van der Waals surface area contributed by atoms with Crippen LogP contribution in [0.3, 0.4) is 0 Å². The molecule has 0 atom stereocenters. The van der Waals surface area contributed by atoms with E-state index in [4.69, 9.17) is 18.9 Å². The highest BCUT2D eigenvalue weighted by Crippen LogP contribution is 2.43. The van der Waals surface area contributed by atoms with Crippen LogP contribution in [0.25, 0.3) is 16.9 Å². The fourth-order valence-electron chi connectivity index (χ4n) is 2.56. The summed E-state index contributed by atoms with van der Waals surface area (Å²) in [4.78, 5) is 0. The molecular formula is C17H14N3O4. The van der Waals surface area contributed by atoms with E-state index in [-0.39, 0.29) is 6.79 Å². The number of hydrogen-bond acceptors (Lipinski definition) is 6. The van der Waals surface area contributed by atoms with Crippen LogP contribution in [-0.4, -0.2) is 36.0 Å². The molecule has 7 heteroatoms. The highest BCUT2D eigenvalue weighted by Gasteiger charge is 2.22. The van der Waals surface area contributed by atoms with Gasteiger partial charge >= 0.3 is 0 Å². The van der Waals surface area contributed by atoms with Gasteiger partial charge in [-0.15, -0.1) is 5.10 Å². The van der Waals surface area contributed by atoms with Crippen LogP contribution in [-0.2, 0) is 0 Å². The Kier molecular flexibility index (Phi) is 3.45. The second-order valence-electron chi connectivity index (χ2n) is 5.06. The molecule has 7 nitrogen and oxygen atoms in total. The molecule has 0 bridgehead atoms. The summed E-state index contributed by atoms with van der Waals surface area (Å²) in [6.07, 6.45) is 1.69. The van der Waals surface area contributed by atoms with Crippen LogP contribution >= 0.6 is 0 Å². The average molecular weight is 324 g/mol. The number of ether oxygens (including phenoxy) is 4. The van der Waals surface area contributed by atoms with Crippen molar-refractivity contribution in [3.63, 3.8) is 0 Å². The number of hydrogen-bond donors (Lipinski definition) is 0. The maximum Gasteiger partial charge on any atom is 0.231 e. The lowest BCUT2D eigenvalue weighted by Gasteiger charge is -2.10. The van der Waals surface area contributed by atoms with E-state index in [9.17, 15) is 0 Å². The zero-order valence-electron chi connectivity index (χ0n) is 13.1. The van der Waals surface area contributed by atoms with Crippen LogP contribution in [0, 0.1) is 6.07 Å². The summed E-state index contributed by atoms with van der Waals surface area (Å²) in [5, 5.41) is 8.20. The van der Waals surface area contributed by atoms with Crippen molar-refractivity contribution in [3.8, 4) is 39.9 Å². The number of methoxy groups -OCH3 is 2. The van der Waals surface area contributed by atoms with Crippen molar-refractivity contribution in [2.75, 3.05) is 21.0 Å². The van der Waals surface area contributed by atoms with Gasteiger partial charge in [-0.1, -0.05) is 5.21 Å². The van der Waals surface area contributed by atoms with E-state index in [1.807, 2.05) is 30.3 Å². The van der Waals surface area contributed by atoms with E-state index in [0.717, 1.165) is 16.9 Å². The third kappa shape index (κ3) is 2.30. The topological polar surface area (TPSA) is 67.6 Å². The minimum atomic E-state index is 0.173. The SMILES string of the molecule is COc1[c]cc(-c2cnnn2-c2cc(OC)c3c(c2)OCO3)cc1. The lowest BCUT2D eigenvalue weighted by Crippen LogP contribution is -2.00. The molecule has 0 fully saturated rings. The van der Waals surface area contributed by atoms with Crippen molar-refractivity contribution in [1.29, 1.82) is 0 Å². The van der Waals surface area contributed by atoms with Crippen molar-refractivity contribution >= 4 is 0 Å². The molecule has 1 aromatic heterocycles. The highest BCUT2D eigenvalue weighted by molar-refractivity contribution is 5.65. The van der Waals surface area contributed by atoms with Crippen LogP contribution < -0.4 is 18.9 Å². The molecule has 4 rings (SSSR count). The van der Waals surface area contributed by atoms with Crippen LogP contribution in [0.2, 0.25) is 0 Å². The predicted octanol–water partition coefficient (Wildman–Crippen LogP) is 2.48. The second-order valence-corrected chi connectivity index (χ2v) is 5.06. The summed E-state index contributed by atoms with van der Waals surface area (Å²) < 4.78 is 23.1. The number of rotatable bonds is 4. The van der Waals surface area contributed by atoms with E-state index >= 15 is 0 Å². The van der Waals surface area contributed by atoms with Gasteiger partial charge in [0.2, 0.25) is 12.5 Å². The van der Waals surface area contributed by atoms with E-state index < -0.39 is 0 Å². The molecule has 1 aliphatic heterocycles. The Morgan fingerprint density at radius 1 is 1.17 bits per heavy atom. The first kappa shape index (κ1) is 14.4. The van der Waals surface area contributed by atoms with Gasteiger partial charge in [0.15, 0.2) is 11.5 Å². The summed E-state index contributed by atoms with van der Waals surface area (Å²) in [5.74, 6) is 2.47. The first-order valence-corrected chi connectivity index (χ1v) is 7.25. The van der Waals surface area contributed by atoms with Crippen molar-refractivity contribution in [2.24, 2.45) is 0 Å². The maximum absolute atomic E-state index is 5.47. The third-order valence-corrected chi connectivity index (χ3v) is 3.74. The molecular weight excluding hydrogens is 310 g/mol. The van der Waals surface area contributed by atoms with Crippen LogP contribution in [0.5, 0.6) is 23.0 Å². The fourth-order valence-corrected chi connectivity index (χ4v) is 2.56. The van der Waals surface area contributed by atoms with E-state index in [1.54, 1.807) is 25.1 Å². The Labute approximate surface area is 138 Å². The van der Waals surface area contributed by atoms with Crippen LogP contribution in [0.15, 0.2) is 36.5 Å². The molecule has 3 aromatic rings. The Morgan fingerprint density at radius 3 is 2.83 bits per heavy atom. The molecule has 1 radical (unpaired) electrons. The van der Waals surface area contributed by atoms with Crippen molar-refractivity contribution in [2.45, 2.75) is 0 Å². The van der Waals surface area contributed by atoms with Crippen LogP contribution in [0.4, 0.5) is 0 Å². The second kappa shape index (κ2) is 5.77. The molecule has 1 aliphatic rings. The van der Waals surface area contributed by atoms with Gasteiger partial charge in [0.05, 0.1) is 31.8 Å². The highest BCUT2D eigenvalue weighted by atomic mass is 16.7. The van der Waals surface area contributed by atoms with Crippen LogP contribution in [0.1, 0.15) is 0 Å². The van der Waals surface area contributed by atoms with E-state index in [1.165, 1.54) is 0 Å². The summed E-state index contributed by atoms with van der Waals surface area (Å²) in [6, 6.07) is 12.3. The number of nitrogens with zero attached hydrogens (tertiary/aromatic N) is 3. The Morgan fingerprint density at radius 2 is 2.08 bits per heavy atom. The fraction of sp³-hybridized carbons (Fsp3) is 0.176. The van der Waals surface area contributed by atoms with Crippen molar-refractivity contribution in [3.05, 3.63) is 42.6 Å². The van der Waals surface area contributed by atoms with Crippen molar-refractivity contribution < 1.29 is 18.9 Å². The number of fused-ring (bicyclic) bond motifs is 1. The van der Waals surface area contributed by atoms with Gasteiger partial charge in [-0.2, -0.15) is 0 Å². The molecule has 0 N–H and O–H groups in total. The minimum Gasteiger partial charge on any atom is -0.496 e. The smallest absolute Gasteiger partial charge is 0.231 e. The molecule has 0 amide bonds. The zero-order chi connectivity index (χ0) is 16.5. The third-order valence-electron chi connectivity index (χ3n) is 3.74. The number of benzene rings is 2. The first-order valence-electron chi connectivity index (χ1n) is 7.25. The molecule has 2 heterocycles. The summed E-state index contributed by atoms with van der Waals surface area (Å²) >= 11 is 0. The normalized spacial score (nSPS) is 12.2. The zero-order valence-corrected chi connectivity index (χ0v) is 13.1. The molecule has 2 aromatic carbocycles. The number of aromatic nitrogens is 3. The molecule has 0 saturated heterocycles. The standard InChI is InChI=1S/C17H14N3O4/c1-21-13-5-3-11(4-6-13)14-9-18-19-20(14)12-7-15(22-2)17-16(8-12)23-10-24-17/h3-5,7-9H,10H2,1-2H3. The molecule has 0 unspecified atom stereocenters. The first-order chi connectivity index (χ1) is 11.8. The van der Waals surface area contributed by atoms with E-state index in [2.05, 4.69) is 16.4 Å². The minimum absolute atomic E-state index is 0.173. The van der Waals surface area contributed by atoms with Crippen molar-refractivity contribution in [1.82, 2.24) is 15.0 Å². The van der Waals surface area contributed by atoms with E-state index in [0.29, 0.717) is 23.0 Å². The van der Waals surface area contributed by atoms with Gasteiger partial charge in [-0.25, -0.2) is 4.68 Å². The largest absolute Gasteiger partial charge is 0.496 e. The molecule has 24 heavy (non-hydrogen) atoms. The van der Waals surface area contributed by atoms with Gasteiger partial charge in [0.25, 0.3) is 0 Å². The monoisotopic (exact) mass is 324 g/mol. The van der Waals surface area contributed by atoms with Gasteiger partial charge in [-0.3, -0.25) is 0 Å². The van der Waals surface area contributed by atoms with Gasteiger partial charge in [0, 0.05) is 23.8 Å². The average Bonchev–Trinajstić information content (AvgIpc) is 3.29. The lowest BCUT2D eigenvalue weighted by molar-refractivity contribution is 0.171. The maximum atomic E-state index is 5.47. The Balaban J connectivity index is 1.80. The molecule has 0 saturated carbocycles. The quantitative estimate of drug-likeness (QED) is 0.734. The predicted molar refractivity (Wildman–Crippen MR) is 84.9 cm³/mol. The summed E-state index contributed by atoms with van der Waals surface area (Å²) in [7, 11) is 3.19. The molecule has 0 spiro atoms. The summed E-state index contributed by atoms with van der Waals surface area (Å²) in [6.45, 7) is 0.173. The molecule has 0 aliphatic carbocycles. The Hall–Kier alpha value is -3.22. The van der Waals surface area contributed by atoms with Gasteiger partial charge in [0.1, 0.15) is 5.75 Å². The van der Waals surface area contributed by atoms with Gasteiger partial charge in [-0.05, 0) is 18.2 Å². The lowest BCUT2D eigenvalue weighted by atomic mass is 10.1. The summed E-state index contributed by atoms with van der Waals surface area (Å²) in [5.41, 5.74) is 2.49. The molecule has 121 valence electrons.